The Morgan fingerprint density at radius 1 is 0.976 bits per heavy atom. The van der Waals surface area contributed by atoms with Gasteiger partial charge in [-0.15, -0.1) is 0 Å². The SMILES string of the molecule is COC(=O)CC1COc2cc(O[C@@H]3CCc4c(-c5c(C)cc(OC6CCS(=O)(=O)CC6)cc5C)ccc(F)c43)ccc21. The number of rotatable bonds is 7. The maximum atomic E-state index is 15.3. The zero-order chi connectivity index (χ0) is 29.6. The highest BCUT2D eigenvalue weighted by molar-refractivity contribution is 7.91. The van der Waals surface area contributed by atoms with Gasteiger partial charge in [0.15, 0.2) is 9.84 Å². The van der Waals surface area contributed by atoms with Gasteiger partial charge in [-0.05, 0) is 91.6 Å². The van der Waals surface area contributed by atoms with Crippen LogP contribution < -0.4 is 14.2 Å². The van der Waals surface area contributed by atoms with Gasteiger partial charge in [-0.2, -0.15) is 0 Å². The summed E-state index contributed by atoms with van der Waals surface area (Å²) in [5, 5.41) is 0. The molecule has 3 aromatic carbocycles. The molecule has 3 aliphatic rings. The van der Waals surface area contributed by atoms with Crippen LogP contribution in [-0.2, 0) is 25.8 Å². The van der Waals surface area contributed by atoms with Crippen molar-refractivity contribution in [3.63, 3.8) is 0 Å². The highest BCUT2D eigenvalue weighted by Crippen LogP contribution is 2.45. The molecule has 0 amide bonds. The summed E-state index contributed by atoms with van der Waals surface area (Å²) in [7, 11) is -1.58. The van der Waals surface area contributed by atoms with Crippen LogP contribution in [0.15, 0.2) is 42.5 Å². The number of aryl methyl sites for hydroxylation is 2. The molecule has 2 heterocycles. The van der Waals surface area contributed by atoms with Crippen molar-refractivity contribution < 1.29 is 36.6 Å². The first kappa shape index (κ1) is 28.5. The number of methoxy groups -OCH3 is 1. The van der Waals surface area contributed by atoms with Gasteiger partial charge in [0.2, 0.25) is 0 Å². The molecule has 3 aromatic rings. The molecule has 1 aliphatic carbocycles. The number of benzene rings is 3. The van der Waals surface area contributed by atoms with E-state index in [9.17, 15) is 13.2 Å². The minimum atomic E-state index is -2.95. The number of hydrogen-bond donors (Lipinski definition) is 0. The van der Waals surface area contributed by atoms with Crippen molar-refractivity contribution in [3.05, 3.63) is 76.1 Å². The number of carbonyl (C=O) groups excluding carboxylic acids is 1. The van der Waals surface area contributed by atoms with Crippen LogP contribution in [0, 0.1) is 19.7 Å². The molecule has 0 spiro atoms. The van der Waals surface area contributed by atoms with Gasteiger partial charge in [-0.1, -0.05) is 12.1 Å². The van der Waals surface area contributed by atoms with E-state index in [0.717, 1.165) is 39.1 Å². The predicted octanol–water partition coefficient (Wildman–Crippen LogP) is 6.17. The summed E-state index contributed by atoms with van der Waals surface area (Å²) in [4.78, 5) is 11.8. The average Bonchev–Trinajstić information content (AvgIpc) is 3.55. The second-order valence-electron chi connectivity index (χ2n) is 11.5. The molecule has 2 aliphatic heterocycles. The number of hydrogen-bond acceptors (Lipinski definition) is 7. The van der Waals surface area contributed by atoms with Crippen molar-refractivity contribution in [1.82, 2.24) is 0 Å². The maximum Gasteiger partial charge on any atom is 0.306 e. The maximum absolute atomic E-state index is 15.3. The summed E-state index contributed by atoms with van der Waals surface area (Å²) >= 11 is 0. The molecular weight excluding hydrogens is 559 g/mol. The molecule has 7 nitrogen and oxygen atoms in total. The summed E-state index contributed by atoms with van der Waals surface area (Å²) in [6.45, 7) is 4.46. The van der Waals surface area contributed by atoms with Crippen molar-refractivity contribution in [2.75, 3.05) is 25.2 Å². The molecule has 6 rings (SSSR count). The molecule has 9 heteroatoms. The fraction of sp³-hybridized carbons (Fsp3) is 0.424. The van der Waals surface area contributed by atoms with Crippen molar-refractivity contribution in [3.8, 4) is 28.4 Å². The van der Waals surface area contributed by atoms with Crippen molar-refractivity contribution in [2.45, 2.75) is 64.1 Å². The third kappa shape index (κ3) is 5.59. The Kier molecular flexibility index (Phi) is 7.64. The number of fused-ring (bicyclic) bond motifs is 2. The summed E-state index contributed by atoms with van der Waals surface area (Å²) < 4.78 is 62.1. The topological polar surface area (TPSA) is 88.1 Å². The summed E-state index contributed by atoms with van der Waals surface area (Å²) in [6, 6.07) is 12.9. The first-order valence-electron chi connectivity index (χ1n) is 14.4. The van der Waals surface area contributed by atoms with E-state index in [2.05, 4.69) is 0 Å². The van der Waals surface area contributed by atoms with Gasteiger partial charge < -0.3 is 18.9 Å². The van der Waals surface area contributed by atoms with E-state index in [1.165, 1.54) is 13.2 Å². The molecule has 0 N–H and O–H groups in total. The standard InChI is InChI=1S/C33H35FO7S/c1-19-14-24(40-22-10-12-42(36,37)13-11-22)15-20(2)32(19)26-6-8-28(34)33-27(26)7-9-29(33)41-23-4-5-25-21(16-31(35)38-3)18-39-30(25)17-23/h4-6,8,14-15,17,21-22,29H,7,9-13,16,18H2,1-3H3/t21?,29-/m1/s1. The molecule has 0 bridgehead atoms. The summed E-state index contributed by atoms with van der Waals surface area (Å²) in [5.74, 6) is 1.70. The molecule has 1 unspecified atom stereocenters. The van der Waals surface area contributed by atoms with Crippen LogP contribution in [0.4, 0.5) is 4.39 Å². The molecule has 2 atom stereocenters. The minimum absolute atomic E-state index is 0.0595. The summed E-state index contributed by atoms with van der Waals surface area (Å²) in [5.41, 5.74) is 6.56. The lowest BCUT2D eigenvalue weighted by Gasteiger charge is -2.24. The first-order valence-corrected chi connectivity index (χ1v) is 16.2. The Bertz CT molecular complexity index is 1610. The molecule has 0 radical (unpaired) electrons. The third-order valence-electron chi connectivity index (χ3n) is 8.65. The molecule has 1 saturated heterocycles. The van der Waals surface area contributed by atoms with Crippen molar-refractivity contribution in [2.24, 2.45) is 0 Å². The first-order chi connectivity index (χ1) is 20.1. The second-order valence-corrected chi connectivity index (χ2v) is 13.8. The number of esters is 1. The van der Waals surface area contributed by atoms with Crippen LogP contribution in [-0.4, -0.2) is 45.7 Å². The number of carbonyl (C=O) groups is 1. The van der Waals surface area contributed by atoms with Gasteiger partial charge >= 0.3 is 5.97 Å². The Balaban J connectivity index is 1.22. The van der Waals surface area contributed by atoms with Crippen LogP contribution in [0.2, 0.25) is 0 Å². The zero-order valence-corrected chi connectivity index (χ0v) is 24.9. The molecule has 42 heavy (non-hydrogen) atoms. The normalized spacial score (nSPS) is 20.9. The van der Waals surface area contributed by atoms with Gasteiger partial charge in [-0.3, -0.25) is 4.79 Å². The van der Waals surface area contributed by atoms with Crippen LogP contribution in [0.25, 0.3) is 11.1 Å². The Labute approximate surface area is 245 Å². The van der Waals surface area contributed by atoms with Gasteiger partial charge in [0.1, 0.15) is 35.3 Å². The second kappa shape index (κ2) is 11.2. The van der Waals surface area contributed by atoms with Gasteiger partial charge in [-0.25, -0.2) is 12.8 Å². The highest BCUT2D eigenvalue weighted by atomic mass is 32.2. The smallest absolute Gasteiger partial charge is 0.306 e. The van der Waals surface area contributed by atoms with E-state index in [1.807, 2.05) is 50.2 Å². The summed E-state index contributed by atoms with van der Waals surface area (Å²) in [6.07, 6.45) is 2.04. The Hall–Kier alpha value is -3.59. The van der Waals surface area contributed by atoms with Gasteiger partial charge in [0.25, 0.3) is 0 Å². The number of sulfone groups is 1. The molecule has 222 valence electrons. The molecule has 1 fully saturated rings. The lowest BCUT2D eigenvalue weighted by atomic mass is 9.90. The van der Waals surface area contributed by atoms with Crippen LogP contribution in [0.3, 0.4) is 0 Å². The van der Waals surface area contributed by atoms with Crippen LogP contribution in [0.1, 0.15) is 65.5 Å². The predicted molar refractivity (Wildman–Crippen MR) is 157 cm³/mol. The Morgan fingerprint density at radius 3 is 2.43 bits per heavy atom. The van der Waals surface area contributed by atoms with Crippen molar-refractivity contribution in [1.29, 1.82) is 0 Å². The van der Waals surface area contributed by atoms with Gasteiger partial charge in [0, 0.05) is 23.1 Å². The lowest BCUT2D eigenvalue weighted by Crippen LogP contribution is -2.30. The average molecular weight is 595 g/mol. The zero-order valence-electron chi connectivity index (χ0n) is 24.1. The lowest BCUT2D eigenvalue weighted by molar-refractivity contribution is -0.141. The van der Waals surface area contributed by atoms with Crippen molar-refractivity contribution >= 4 is 15.8 Å². The number of halogens is 1. The molecule has 0 aromatic heterocycles. The largest absolute Gasteiger partial charge is 0.492 e. The van der Waals surface area contributed by atoms with Crippen LogP contribution >= 0.6 is 0 Å². The monoisotopic (exact) mass is 594 g/mol. The molecule has 0 saturated carbocycles. The fourth-order valence-corrected chi connectivity index (χ4v) is 8.02. The minimum Gasteiger partial charge on any atom is -0.492 e. The van der Waals surface area contributed by atoms with Gasteiger partial charge in [0.05, 0.1) is 31.6 Å². The van der Waals surface area contributed by atoms with Crippen LogP contribution in [0.5, 0.6) is 17.2 Å². The quantitative estimate of drug-likeness (QED) is 0.302. The Morgan fingerprint density at radius 2 is 1.71 bits per heavy atom. The third-order valence-corrected chi connectivity index (χ3v) is 10.4. The fourth-order valence-electron chi connectivity index (χ4n) is 6.57. The van der Waals surface area contributed by atoms with E-state index in [4.69, 9.17) is 18.9 Å². The highest BCUT2D eigenvalue weighted by Gasteiger charge is 2.33. The van der Waals surface area contributed by atoms with E-state index >= 15 is 4.39 Å². The van der Waals surface area contributed by atoms with E-state index in [0.29, 0.717) is 49.4 Å². The molecular formula is C33H35FO7S. The van der Waals surface area contributed by atoms with E-state index < -0.39 is 15.9 Å². The van der Waals surface area contributed by atoms with E-state index in [1.54, 1.807) is 0 Å². The number of ether oxygens (including phenoxy) is 4. The van der Waals surface area contributed by atoms with E-state index in [-0.39, 0.29) is 41.7 Å².